The van der Waals surface area contributed by atoms with Gasteiger partial charge in [0.25, 0.3) is 5.92 Å². The first-order valence-corrected chi connectivity index (χ1v) is 15.8. The fraction of sp³-hybridized carbons (Fsp3) is 0.500. The number of fused-ring (bicyclic) bond motifs is 2. The third kappa shape index (κ3) is 6.20. The van der Waals surface area contributed by atoms with E-state index >= 15 is 0 Å². The Kier molecular flexibility index (Phi) is 8.79. The Hall–Kier alpha value is -4.37. The quantitative estimate of drug-likeness (QED) is 0.252. The van der Waals surface area contributed by atoms with Crippen LogP contribution in [0.15, 0.2) is 43.2 Å². The van der Waals surface area contributed by atoms with Crippen molar-refractivity contribution in [2.45, 2.75) is 63.7 Å². The summed E-state index contributed by atoms with van der Waals surface area (Å²) >= 11 is 0. The highest BCUT2D eigenvalue weighted by Crippen LogP contribution is 2.41. The summed E-state index contributed by atoms with van der Waals surface area (Å²) in [6, 6.07) is 5.84. The summed E-state index contributed by atoms with van der Waals surface area (Å²) in [5.41, 5.74) is 4.10. The smallest absolute Gasteiger partial charge is 0.318 e. The van der Waals surface area contributed by atoms with Crippen LogP contribution in [-0.2, 0) is 17.8 Å². The monoisotopic (exact) mass is 630 g/mol. The summed E-state index contributed by atoms with van der Waals surface area (Å²) in [6.45, 7) is 18.3. The molecule has 1 aromatic carbocycles. The van der Waals surface area contributed by atoms with E-state index in [1.54, 1.807) is 4.90 Å². The van der Waals surface area contributed by atoms with Gasteiger partial charge in [-0.1, -0.05) is 24.8 Å². The molecule has 1 amide bonds. The van der Waals surface area contributed by atoms with Gasteiger partial charge < -0.3 is 24.3 Å². The second-order valence-electron chi connectivity index (χ2n) is 12.7. The number of benzene rings is 1. The maximum Gasteiger partial charge on any atom is 0.318 e. The number of aromatic nitrogens is 3. The number of carbonyl (C=O) groups is 1. The number of halogens is 2. The molecule has 3 aromatic rings. The van der Waals surface area contributed by atoms with Crippen LogP contribution in [0.25, 0.3) is 15.6 Å². The highest BCUT2D eigenvalue weighted by molar-refractivity contribution is 5.96. The Balaban J connectivity index is 1.30. The number of rotatable bonds is 9. The zero-order valence-corrected chi connectivity index (χ0v) is 26.6. The van der Waals surface area contributed by atoms with Crippen LogP contribution in [0.4, 0.5) is 20.3 Å². The number of amides is 1. The van der Waals surface area contributed by atoms with E-state index in [1.165, 1.54) is 11.6 Å². The molecule has 12 heteroatoms. The van der Waals surface area contributed by atoms with Gasteiger partial charge in [-0.2, -0.15) is 9.97 Å². The fourth-order valence-electron chi connectivity index (χ4n) is 6.87. The Morgan fingerprint density at radius 3 is 2.78 bits per heavy atom. The first kappa shape index (κ1) is 31.6. The molecule has 1 saturated heterocycles. The lowest BCUT2D eigenvalue weighted by atomic mass is 9.86. The molecular weight excluding hydrogens is 590 g/mol. The van der Waals surface area contributed by atoms with Crippen LogP contribution < -0.4 is 14.5 Å². The van der Waals surface area contributed by atoms with Gasteiger partial charge in [0.1, 0.15) is 18.5 Å². The van der Waals surface area contributed by atoms with E-state index in [1.807, 2.05) is 37.3 Å². The normalized spacial score (nSPS) is 20.2. The Bertz CT molecular complexity index is 1660. The summed E-state index contributed by atoms with van der Waals surface area (Å²) in [7, 11) is 1.85. The van der Waals surface area contributed by atoms with Gasteiger partial charge in [0.15, 0.2) is 0 Å². The number of alkyl halides is 2. The highest BCUT2D eigenvalue weighted by Gasteiger charge is 2.47. The minimum atomic E-state index is -2.59. The van der Waals surface area contributed by atoms with Gasteiger partial charge in [0.2, 0.25) is 12.5 Å². The number of nitrogens with zero attached hydrogens (tertiary/aromatic N) is 8. The molecule has 1 aliphatic carbocycles. The molecule has 1 saturated carbocycles. The molecule has 2 aromatic heterocycles. The van der Waals surface area contributed by atoms with E-state index in [-0.39, 0.29) is 56.0 Å². The van der Waals surface area contributed by atoms with E-state index in [4.69, 9.17) is 21.3 Å². The lowest BCUT2D eigenvalue weighted by Crippen LogP contribution is -2.56. The summed E-state index contributed by atoms with van der Waals surface area (Å²) in [5.74, 6) is -2.02. The molecule has 0 unspecified atom stereocenters. The van der Waals surface area contributed by atoms with Crippen molar-refractivity contribution in [1.82, 2.24) is 24.8 Å². The van der Waals surface area contributed by atoms with Crippen LogP contribution >= 0.6 is 0 Å². The van der Waals surface area contributed by atoms with Gasteiger partial charge in [0.05, 0.1) is 24.1 Å². The average molecular weight is 631 g/mol. The molecule has 0 bridgehead atoms. The first-order chi connectivity index (χ1) is 22.1. The second kappa shape index (κ2) is 12.8. The number of ether oxygens (including phenoxy) is 1. The summed E-state index contributed by atoms with van der Waals surface area (Å²) in [4.78, 5) is 38.6. The highest BCUT2D eigenvalue weighted by atomic mass is 19.3. The number of hydrogen-bond donors (Lipinski definition) is 0. The lowest BCUT2D eigenvalue weighted by molar-refractivity contribution is -0.128. The standard InChI is InChI=1S/C34H40F2N8O2/c1-6-30(45)44-13-12-43(19-26(44)17-37-4)32-27-10-11-42(29-18-38-16-24-9-7-8-22(2)31(24)29)20-28(27)39-33(40-32)46-21-23(3)41(5)25-14-34(35,36)15-25/h6-9,16,18,23,25-26H,1,10-15,17,19-21H2,2-3,5H3/t23-,26-/m0/s1. The Morgan fingerprint density at radius 2 is 2.04 bits per heavy atom. The van der Waals surface area contributed by atoms with Crippen LogP contribution in [0.3, 0.4) is 0 Å². The molecule has 2 atom stereocenters. The topological polar surface area (TPSA) is 82.3 Å². The molecule has 10 nitrogen and oxygen atoms in total. The Morgan fingerprint density at radius 1 is 1.24 bits per heavy atom. The van der Waals surface area contributed by atoms with E-state index in [0.29, 0.717) is 32.6 Å². The number of likely N-dealkylation sites (N-methyl/N-ethyl adjacent to an activating group) is 1. The van der Waals surface area contributed by atoms with Crippen molar-refractivity contribution in [2.24, 2.45) is 0 Å². The average Bonchev–Trinajstić information content (AvgIpc) is 3.04. The molecule has 2 aliphatic heterocycles. The van der Waals surface area contributed by atoms with Crippen LogP contribution in [0.5, 0.6) is 6.01 Å². The largest absolute Gasteiger partial charge is 0.462 e. The molecule has 0 radical (unpaired) electrons. The SMILES string of the molecule is [C-]#[N+]C[C@H]1CN(c2nc(OC[C@H](C)N(C)C3CC(F)(F)C3)nc3c2CCN(c2cncc4cccc(C)c24)C3)CCN1C(=O)C=C. The van der Waals surface area contributed by atoms with Crippen molar-refractivity contribution in [1.29, 1.82) is 0 Å². The molecule has 242 valence electrons. The van der Waals surface area contributed by atoms with Crippen molar-refractivity contribution in [3.05, 3.63) is 71.5 Å². The van der Waals surface area contributed by atoms with Crippen molar-refractivity contribution in [2.75, 3.05) is 56.2 Å². The third-order valence-electron chi connectivity index (χ3n) is 9.67. The van der Waals surface area contributed by atoms with Crippen LogP contribution in [0, 0.1) is 13.5 Å². The van der Waals surface area contributed by atoms with Crippen molar-refractivity contribution in [3.63, 3.8) is 0 Å². The van der Waals surface area contributed by atoms with Gasteiger partial charge in [-0.05, 0) is 39.0 Å². The molecule has 2 fully saturated rings. The number of anilines is 2. The maximum absolute atomic E-state index is 13.5. The molecular formula is C34H40F2N8O2. The van der Waals surface area contributed by atoms with Gasteiger partial charge in [0, 0.05) is 73.6 Å². The lowest BCUT2D eigenvalue weighted by Gasteiger charge is -2.43. The zero-order valence-electron chi connectivity index (χ0n) is 26.6. The molecule has 3 aliphatic rings. The predicted octanol–water partition coefficient (Wildman–Crippen LogP) is 4.52. The van der Waals surface area contributed by atoms with E-state index < -0.39 is 5.92 Å². The molecule has 4 heterocycles. The maximum atomic E-state index is 13.5. The van der Waals surface area contributed by atoms with Gasteiger partial charge in [-0.3, -0.25) is 14.7 Å². The van der Waals surface area contributed by atoms with Crippen molar-refractivity contribution >= 4 is 28.2 Å². The van der Waals surface area contributed by atoms with E-state index in [2.05, 4.69) is 45.3 Å². The van der Waals surface area contributed by atoms with Crippen molar-refractivity contribution < 1.29 is 18.3 Å². The number of piperazine rings is 1. The van der Waals surface area contributed by atoms with Crippen LogP contribution in [-0.4, -0.2) is 101 Å². The summed E-state index contributed by atoms with van der Waals surface area (Å²) in [5, 5.41) is 2.24. The predicted molar refractivity (Wildman–Crippen MR) is 173 cm³/mol. The number of carbonyl (C=O) groups excluding carboxylic acids is 1. The molecule has 6 rings (SSSR count). The molecule has 0 spiro atoms. The first-order valence-electron chi connectivity index (χ1n) is 15.8. The summed E-state index contributed by atoms with van der Waals surface area (Å²) in [6.07, 6.45) is 5.50. The molecule has 0 N–H and O–H groups in total. The van der Waals surface area contributed by atoms with Gasteiger partial charge in [-0.15, -0.1) is 0 Å². The van der Waals surface area contributed by atoms with E-state index in [9.17, 15) is 13.6 Å². The van der Waals surface area contributed by atoms with Gasteiger partial charge in [-0.25, -0.2) is 15.4 Å². The number of pyridine rings is 1. The van der Waals surface area contributed by atoms with Crippen LogP contribution in [0.2, 0.25) is 0 Å². The minimum absolute atomic E-state index is 0.123. The third-order valence-corrected chi connectivity index (χ3v) is 9.67. The zero-order chi connectivity index (χ0) is 32.6. The number of aryl methyl sites for hydroxylation is 1. The summed E-state index contributed by atoms with van der Waals surface area (Å²) < 4.78 is 33.3. The minimum Gasteiger partial charge on any atom is -0.462 e. The van der Waals surface area contributed by atoms with Gasteiger partial charge >= 0.3 is 6.01 Å². The number of hydrogen-bond acceptors (Lipinski definition) is 8. The fourth-order valence-corrected chi connectivity index (χ4v) is 6.87. The van der Waals surface area contributed by atoms with Crippen LogP contribution in [0.1, 0.15) is 36.6 Å². The van der Waals surface area contributed by atoms with Crippen molar-refractivity contribution in [3.8, 4) is 6.01 Å². The second-order valence-corrected chi connectivity index (χ2v) is 12.7. The van der Waals surface area contributed by atoms with E-state index in [0.717, 1.165) is 40.1 Å². The Labute approximate surface area is 268 Å². The molecule has 46 heavy (non-hydrogen) atoms.